The fraction of sp³-hybridized carbons (Fsp3) is 0.235. The van der Waals surface area contributed by atoms with Crippen molar-refractivity contribution in [1.82, 2.24) is 5.32 Å². The molecule has 0 heterocycles. The molecule has 4 heteroatoms. The molecule has 0 aromatic heterocycles. The number of hydrogen-bond donors (Lipinski definition) is 2. The Bertz CT molecular complexity index is 583. The molecule has 1 amide bonds. The Morgan fingerprint density at radius 3 is 2.24 bits per heavy atom. The topological polar surface area (TPSA) is 41.1 Å². The number of benzene rings is 2. The van der Waals surface area contributed by atoms with Crippen molar-refractivity contribution in [3.8, 4) is 0 Å². The second kappa shape index (κ2) is 7.38. The minimum Gasteiger partial charge on any atom is -0.325 e. The van der Waals surface area contributed by atoms with Crippen LogP contribution in [-0.2, 0) is 4.79 Å². The normalized spacial score (nSPS) is 13.5. The van der Waals surface area contributed by atoms with Crippen molar-refractivity contribution in [2.75, 3.05) is 5.32 Å². The lowest BCUT2D eigenvalue weighted by atomic mass is 10.1. The Morgan fingerprint density at radius 2 is 1.62 bits per heavy atom. The molecule has 110 valence electrons. The molecule has 0 aliphatic heterocycles. The Hall–Kier alpha value is -1.65. The second-order valence-corrected chi connectivity index (χ2v) is 5.93. The third-order valence-corrected chi connectivity index (χ3v) is 3.83. The van der Waals surface area contributed by atoms with Crippen LogP contribution >= 0.6 is 15.9 Å². The summed E-state index contributed by atoms with van der Waals surface area (Å²) in [5, 5.41) is 6.21. The summed E-state index contributed by atoms with van der Waals surface area (Å²) in [5.41, 5.74) is 1.96. The molecule has 21 heavy (non-hydrogen) atoms. The quantitative estimate of drug-likeness (QED) is 0.854. The molecule has 0 saturated heterocycles. The molecule has 0 spiro atoms. The van der Waals surface area contributed by atoms with Gasteiger partial charge in [0.2, 0.25) is 5.91 Å². The van der Waals surface area contributed by atoms with Crippen LogP contribution in [0.4, 0.5) is 5.69 Å². The standard InChI is InChI=1S/C17H19BrN2O/c1-12(14-6-4-3-5-7-14)19-13(2)17(21)20-16-10-8-15(18)9-11-16/h3-13,19H,1-2H3,(H,20,21)/t12-,13+/m1/s1. The summed E-state index contributed by atoms with van der Waals surface area (Å²) in [6.45, 7) is 3.92. The summed E-state index contributed by atoms with van der Waals surface area (Å²) in [6.07, 6.45) is 0. The van der Waals surface area contributed by atoms with Gasteiger partial charge in [-0.1, -0.05) is 46.3 Å². The molecular formula is C17H19BrN2O. The minimum absolute atomic E-state index is 0.0416. The van der Waals surface area contributed by atoms with Gasteiger partial charge in [-0.3, -0.25) is 10.1 Å². The van der Waals surface area contributed by atoms with Crippen LogP contribution < -0.4 is 10.6 Å². The van der Waals surface area contributed by atoms with Crippen LogP contribution in [0.3, 0.4) is 0 Å². The first-order chi connectivity index (χ1) is 10.1. The predicted octanol–water partition coefficient (Wildman–Crippen LogP) is 4.13. The molecule has 0 radical (unpaired) electrons. The average molecular weight is 347 g/mol. The highest BCUT2D eigenvalue weighted by molar-refractivity contribution is 9.10. The van der Waals surface area contributed by atoms with Crippen molar-refractivity contribution >= 4 is 27.5 Å². The van der Waals surface area contributed by atoms with Gasteiger partial charge < -0.3 is 5.32 Å². The lowest BCUT2D eigenvalue weighted by Gasteiger charge is -2.20. The number of nitrogens with one attached hydrogen (secondary N) is 2. The van der Waals surface area contributed by atoms with Crippen molar-refractivity contribution in [3.63, 3.8) is 0 Å². The van der Waals surface area contributed by atoms with E-state index in [1.807, 2.05) is 49.4 Å². The lowest BCUT2D eigenvalue weighted by molar-refractivity contribution is -0.117. The zero-order valence-corrected chi connectivity index (χ0v) is 13.7. The van der Waals surface area contributed by atoms with Crippen LogP contribution in [0.2, 0.25) is 0 Å². The number of carbonyl (C=O) groups is 1. The maximum atomic E-state index is 12.2. The Labute approximate surface area is 133 Å². The van der Waals surface area contributed by atoms with E-state index in [2.05, 4.69) is 45.6 Å². The van der Waals surface area contributed by atoms with E-state index in [-0.39, 0.29) is 18.0 Å². The van der Waals surface area contributed by atoms with E-state index in [1.54, 1.807) is 0 Å². The van der Waals surface area contributed by atoms with Gasteiger partial charge in [0.1, 0.15) is 0 Å². The summed E-state index contributed by atoms with van der Waals surface area (Å²) >= 11 is 3.37. The number of halogens is 1. The van der Waals surface area contributed by atoms with Gasteiger partial charge in [-0.05, 0) is 43.7 Å². The molecule has 2 aromatic rings. The molecule has 0 aliphatic rings. The molecule has 0 saturated carbocycles. The van der Waals surface area contributed by atoms with Crippen LogP contribution in [0.1, 0.15) is 25.5 Å². The first-order valence-corrected chi connectivity index (χ1v) is 7.73. The fourth-order valence-electron chi connectivity index (χ4n) is 2.07. The zero-order valence-electron chi connectivity index (χ0n) is 12.1. The largest absolute Gasteiger partial charge is 0.325 e. The van der Waals surface area contributed by atoms with E-state index in [0.717, 1.165) is 10.2 Å². The molecule has 2 aromatic carbocycles. The van der Waals surface area contributed by atoms with Gasteiger partial charge in [0, 0.05) is 16.2 Å². The summed E-state index contributed by atoms with van der Waals surface area (Å²) in [6, 6.07) is 17.5. The predicted molar refractivity (Wildman–Crippen MR) is 90.2 cm³/mol. The van der Waals surface area contributed by atoms with Crippen molar-refractivity contribution in [2.24, 2.45) is 0 Å². The van der Waals surface area contributed by atoms with E-state index in [0.29, 0.717) is 0 Å². The number of amides is 1. The van der Waals surface area contributed by atoms with Gasteiger partial charge in [-0.15, -0.1) is 0 Å². The molecular weight excluding hydrogens is 328 g/mol. The molecule has 0 bridgehead atoms. The number of hydrogen-bond acceptors (Lipinski definition) is 2. The highest BCUT2D eigenvalue weighted by Crippen LogP contribution is 2.15. The van der Waals surface area contributed by atoms with Gasteiger partial charge in [-0.25, -0.2) is 0 Å². The lowest BCUT2D eigenvalue weighted by Crippen LogP contribution is -2.39. The van der Waals surface area contributed by atoms with Gasteiger partial charge in [0.25, 0.3) is 0 Å². The van der Waals surface area contributed by atoms with Crippen molar-refractivity contribution < 1.29 is 4.79 Å². The zero-order chi connectivity index (χ0) is 15.2. The fourth-order valence-corrected chi connectivity index (χ4v) is 2.34. The first kappa shape index (κ1) is 15.7. The Balaban J connectivity index is 1.92. The average Bonchev–Trinajstić information content (AvgIpc) is 2.50. The van der Waals surface area contributed by atoms with Crippen molar-refractivity contribution in [3.05, 3.63) is 64.6 Å². The molecule has 2 N–H and O–H groups in total. The highest BCUT2D eigenvalue weighted by atomic mass is 79.9. The summed E-state index contributed by atoms with van der Waals surface area (Å²) < 4.78 is 0.990. The maximum absolute atomic E-state index is 12.2. The highest BCUT2D eigenvalue weighted by Gasteiger charge is 2.16. The molecule has 0 unspecified atom stereocenters. The first-order valence-electron chi connectivity index (χ1n) is 6.93. The smallest absolute Gasteiger partial charge is 0.241 e. The van der Waals surface area contributed by atoms with Crippen LogP contribution in [0, 0.1) is 0 Å². The molecule has 0 fully saturated rings. The number of rotatable bonds is 5. The second-order valence-electron chi connectivity index (χ2n) is 5.02. The maximum Gasteiger partial charge on any atom is 0.241 e. The Kier molecular flexibility index (Phi) is 5.53. The van der Waals surface area contributed by atoms with E-state index in [9.17, 15) is 4.79 Å². The van der Waals surface area contributed by atoms with E-state index >= 15 is 0 Å². The van der Waals surface area contributed by atoms with E-state index in [4.69, 9.17) is 0 Å². The monoisotopic (exact) mass is 346 g/mol. The van der Waals surface area contributed by atoms with Crippen molar-refractivity contribution in [2.45, 2.75) is 25.9 Å². The van der Waals surface area contributed by atoms with Gasteiger partial charge >= 0.3 is 0 Å². The van der Waals surface area contributed by atoms with Crippen LogP contribution in [0.25, 0.3) is 0 Å². The van der Waals surface area contributed by atoms with Crippen LogP contribution in [0.15, 0.2) is 59.1 Å². The summed E-state index contributed by atoms with van der Waals surface area (Å²) in [4.78, 5) is 12.2. The third-order valence-electron chi connectivity index (χ3n) is 3.30. The van der Waals surface area contributed by atoms with Crippen LogP contribution in [0.5, 0.6) is 0 Å². The van der Waals surface area contributed by atoms with E-state index < -0.39 is 0 Å². The van der Waals surface area contributed by atoms with Gasteiger partial charge in [0.15, 0.2) is 0 Å². The summed E-state index contributed by atoms with van der Waals surface area (Å²) in [5.74, 6) is -0.0416. The third kappa shape index (κ3) is 4.69. The van der Waals surface area contributed by atoms with E-state index in [1.165, 1.54) is 5.56 Å². The van der Waals surface area contributed by atoms with Crippen molar-refractivity contribution in [1.29, 1.82) is 0 Å². The minimum atomic E-state index is -0.274. The SMILES string of the molecule is C[C@H](N[C@H](C)c1ccccc1)C(=O)Nc1ccc(Br)cc1. The van der Waals surface area contributed by atoms with Gasteiger partial charge in [-0.2, -0.15) is 0 Å². The Morgan fingerprint density at radius 1 is 1.00 bits per heavy atom. The molecule has 0 aliphatic carbocycles. The molecule has 3 nitrogen and oxygen atoms in total. The molecule has 2 rings (SSSR count). The molecule has 2 atom stereocenters. The van der Waals surface area contributed by atoms with Crippen LogP contribution in [-0.4, -0.2) is 11.9 Å². The van der Waals surface area contributed by atoms with Gasteiger partial charge in [0.05, 0.1) is 6.04 Å². The number of anilines is 1. The summed E-state index contributed by atoms with van der Waals surface area (Å²) in [7, 11) is 0. The number of carbonyl (C=O) groups excluding carboxylic acids is 1.